The topological polar surface area (TPSA) is 63.8 Å². The maximum atomic E-state index is 12.7. The number of thiazole rings is 1. The highest BCUT2D eigenvalue weighted by molar-refractivity contribution is 7.19. The minimum atomic E-state index is -0.531. The summed E-state index contributed by atoms with van der Waals surface area (Å²) >= 11 is 9.34. The van der Waals surface area contributed by atoms with Crippen molar-refractivity contribution in [2.24, 2.45) is 5.73 Å². The second-order valence-electron chi connectivity index (χ2n) is 5.22. The van der Waals surface area contributed by atoms with Gasteiger partial charge < -0.3 is 11.1 Å². The van der Waals surface area contributed by atoms with Gasteiger partial charge in [0.05, 0.1) is 22.4 Å². The number of hydrogen-bond acceptors (Lipinski definition) is 6. The van der Waals surface area contributed by atoms with Crippen LogP contribution in [0.2, 0.25) is 5.15 Å². The third-order valence-corrected chi connectivity index (χ3v) is 5.81. The average molecular weight is 371 g/mol. The summed E-state index contributed by atoms with van der Waals surface area (Å²) in [5, 5.41) is 6.74. The summed E-state index contributed by atoms with van der Waals surface area (Å²) in [6, 6.07) is 1.33. The maximum Gasteiger partial charge on any atom is 0.131 e. The van der Waals surface area contributed by atoms with Crippen molar-refractivity contribution in [2.75, 3.05) is 12.0 Å². The van der Waals surface area contributed by atoms with Gasteiger partial charge in [0.1, 0.15) is 16.8 Å². The van der Waals surface area contributed by atoms with E-state index in [0.717, 1.165) is 31.4 Å². The van der Waals surface area contributed by atoms with Crippen LogP contribution in [0.3, 0.4) is 0 Å². The molecule has 1 atom stereocenters. The van der Waals surface area contributed by atoms with Gasteiger partial charge in [-0.1, -0.05) is 11.6 Å². The molecule has 0 aliphatic heterocycles. The molecule has 0 fully saturated rings. The van der Waals surface area contributed by atoms with Gasteiger partial charge in [-0.05, 0) is 18.9 Å². The van der Waals surface area contributed by atoms with Crippen LogP contribution in [0.4, 0.5) is 10.1 Å². The number of hydrogen-bond donors (Lipinski definition) is 2. The van der Waals surface area contributed by atoms with Gasteiger partial charge >= 0.3 is 0 Å². The molecule has 23 heavy (non-hydrogen) atoms. The number of nitrogens with zero attached hydrogens (tertiary/aromatic N) is 2. The standard InChI is InChI=1S/C15H16ClFN4S2/c1-8-11(4-9(18)6-17)23-15-10(5-12(16)21-14(8)15)20-7-13-19-2-3-22-13/h2-3,5,9H,4,6-7,18H2,1H3,(H,20,21)/t9-/m1/s1. The van der Waals surface area contributed by atoms with E-state index in [9.17, 15) is 4.39 Å². The van der Waals surface area contributed by atoms with Crippen molar-refractivity contribution in [3.05, 3.63) is 38.2 Å². The molecule has 122 valence electrons. The smallest absolute Gasteiger partial charge is 0.131 e. The molecule has 0 amide bonds. The number of nitrogens with two attached hydrogens (primary N) is 1. The summed E-state index contributed by atoms with van der Waals surface area (Å²) in [6.07, 6.45) is 2.29. The van der Waals surface area contributed by atoms with Crippen LogP contribution in [0, 0.1) is 6.92 Å². The predicted molar refractivity (Wildman–Crippen MR) is 96.5 cm³/mol. The zero-order valence-electron chi connectivity index (χ0n) is 12.5. The number of fused-ring (bicyclic) bond motifs is 1. The van der Waals surface area contributed by atoms with Gasteiger partial charge in [0.25, 0.3) is 0 Å². The number of nitrogens with one attached hydrogen (secondary N) is 1. The molecule has 0 radical (unpaired) electrons. The monoisotopic (exact) mass is 370 g/mol. The zero-order chi connectivity index (χ0) is 16.4. The molecule has 0 saturated carbocycles. The highest BCUT2D eigenvalue weighted by Crippen LogP contribution is 2.37. The quantitative estimate of drug-likeness (QED) is 0.639. The Balaban J connectivity index is 1.95. The average Bonchev–Trinajstić information content (AvgIpc) is 3.15. The molecule has 0 aromatic carbocycles. The van der Waals surface area contributed by atoms with E-state index in [1.807, 2.05) is 18.4 Å². The first-order valence-corrected chi connectivity index (χ1v) is 9.18. The van der Waals surface area contributed by atoms with Crippen LogP contribution in [0.15, 0.2) is 17.6 Å². The first-order valence-electron chi connectivity index (χ1n) is 7.10. The Hall–Kier alpha value is -1.28. The van der Waals surface area contributed by atoms with Crippen LogP contribution in [-0.4, -0.2) is 22.7 Å². The molecular formula is C15H16ClFN4S2. The first-order chi connectivity index (χ1) is 11.1. The van der Waals surface area contributed by atoms with Crippen molar-refractivity contribution in [1.29, 1.82) is 0 Å². The van der Waals surface area contributed by atoms with Crippen molar-refractivity contribution in [1.82, 2.24) is 9.97 Å². The van der Waals surface area contributed by atoms with E-state index < -0.39 is 12.7 Å². The van der Waals surface area contributed by atoms with Gasteiger partial charge in [-0.3, -0.25) is 0 Å². The molecule has 4 nitrogen and oxygen atoms in total. The van der Waals surface area contributed by atoms with Crippen molar-refractivity contribution >= 4 is 50.2 Å². The van der Waals surface area contributed by atoms with E-state index >= 15 is 0 Å². The van der Waals surface area contributed by atoms with Crippen LogP contribution in [0.5, 0.6) is 0 Å². The van der Waals surface area contributed by atoms with E-state index in [1.165, 1.54) is 0 Å². The lowest BCUT2D eigenvalue weighted by atomic mass is 10.1. The summed E-state index contributed by atoms with van der Waals surface area (Å²) in [4.78, 5) is 9.74. The third-order valence-electron chi connectivity index (χ3n) is 3.50. The Kier molecular flexibility index (Phi) is 5.11. The number of aryl methyl sites for hydroxylation is 1. The Morgan fingerprint density at radius 1 is 1.48 bits per heavy atom. The van der Waals surface area contributed by atoms with Gasteiger partial charge in [0.15, 0.2) is 0 Å². The molecule has 0 spiro atoms. The van der Waals surface area contributed by atoms with Gasteiger partial charge in [0, 0.05) is 28.6 Å². The fourth-order valence-corrected chi connectivity index (χ4v) is 4.40. The molecule has 3 rings (SSSR count). The summed E-state index contributed by atoms with van der Waals surface area (Å²) in [6.45, 7) is 2.08. The van der Waals surface area contributed by atoms with Crippen LogP contribution in [-0.2, 0) is 13.0 Å². The molecule has 0 saturated heterocycles. The number of aromatic nitrogens is 2. The summed E-state index contributed by atoms with van der Waals surface area (Å²) in [5.74, 6) is 0. The van der Waals surface area contributed by atoms with Crippen LogP contribution < -0.4 is 11.1 Å². The first kappa shape index (κ1) is 16.6. The number of pyridine rings is 1. The van der Waals surface area contributed by atoms with Gasteiger partial charge in [-0.15, -0.1) is 22.7 Å². The van der Waals surface area contributed by atoms with Crippen LogP contribution in [0.25, 0.3) is 10.2 Å². The summed E-state index contributed by atoms with van der Waals surface area (Å²) in [7, 11) is 0. The lowest BCUT2D eigenvalue weighted by molar-refractivity contribution is 0.428. The highest BCUT2D eigenvalue weighted by Gasteiger charge is 2.16. The molecular weight excluding hydrogens is 355 g/mol. The number of halogens is 2. The van der Waals surface area contributed by atoms with E-state index in [0.29, 0.717) is 18.1 Å². The summed E-state index contributed by atoms with van der Waals surface area (Å²) in [5.41, 5.74) is 8.54. The number of anilines is 1. The maximum absolute atomic E-state index is 12.7. The minimum Gasteiger partial charge on any atom is -0.377 e. The van der Waals surface area contributed by atoms with Crippen molar-refractivity contribution in [3.63, 3.8) is 0 Å². The fourth-order valence-electron chi connectivity index (χ4n) is 2.32. The largest absolute Gasteiger partial charge is 0.377 e. The molecule has 8 heteroatoms. The van der Waals surface area contributed by atoms with Gasteiger partial charge in [0.2, 0.25) is 0 Å². The second-order valence-corrected chi connectivity index (χ2v) is 7.69. The Labute approximate surface area is 146 Å². The van der Waals surface area contributed by atoms with Crippen LogP contribution in [0.1, 0.15) is 15.4 Å². The SMILES string of the molecule is Cc1c(C[C@@H](N)CF)sc2c(NCc3nccs3)cc(Cl)nc12. The molecule has 3 heterocycles. The Morgan fingerprint density at radius 2 is 2.30 bits per heavy atom. The number of thiophene rings is 1. The van der Waals surface area contributed by atoms with E-state index in [2.05, 4.69) is 15.3 Å². The Morgan fingerprint density at radius 3 is 3.00 bits per heavy atom. The van der Waals surface area contributed by atoms with Crippen LogP contribution >= 0.6 is 34.3 Å². The van der Waals surface area contributed by atoms with E-state index in [-0.39, 0.29) is 0 Å². The second kappa shape index (κ2) is 7.09. The predicted octanol–water partition coefficient (Wildman–Crippen LogP) is 4.17. The third kappa shape index (κ3) is 3.63. The Bertz CT molecular complexity index is 804. The normalized spacial score (nSPS) is 12.7. The molecule has 0 bridgehead atoms. The molecule has 3 aromatic heterocycles. The molecule has 0 unspecified atom stereocenters. The van der Waals surface area contributed by atoms with Crippen molar-refractivity contribution in [3.8, 4) is 0 Å². The highest BCUT2D eigenvalue weighted by atomic mass is 35.5. The summed E-state index contributed by atoms with van der Waals surface area (Å²) < 4.78 is 13.7. The van der Waals surface area contributed by atoms with E-state index in [4.69, 9.17) is 17.3 Å². The number of alkyl halides is 1. The van der Waals surface area contributed by atoms with E-state index in [1.54, 1.807) is 28.9 Å². The van der Waals surface area contributed by atoms with Gasteiger partial charge in [-0.25, -0.2) is 14.4 Å². The van der Waals surface area contributed by atoms with Crippen molar-refractivity contribution < 1.29 is 4.39 Å². The molecule has 0 aliphatic rings. The molecule has 3 N–H and O–H groups in total. The fraction of sp³-hybridized carbons (Fsp3) is 0.333. The lowest BCUT2D eigenvalue weighted by Gasteiger charge is -2.06. The number of rotatable bonds is 6. The molecule has 0 aliphatic carbocycles. The lowest BCUT2D eigenvalue weighted by Crippen LogP contribution is -2.24. The van der Waals surface area contributed by atoms with Gasteiger partial charge in [-0.2, -0.15) is 0 Å². The minimum absolute atomic E-state index is 0.432. The zero-order valence-corrected chi connectivity index (χ0v) is 14.9. The molecule has 3 aromatic rings. The van der Waals surface area contributed by atoms with Crippen molar-refractivity contribution in [2.45, 2.75) is 25.9 Å².